The predicted molar refractivity (Wildman–Crippen MR) is 125 cm³/mol. The van der Waals surface area contributed by atoms with Gasteiger partial charge in [0.2, 0.25) is 5.91 Å². The van der Waals surface area contributed by atoms with Crippen molar-refractivity contribution in [1.29, 1.82) is 0 Å². The Morgan fingerprint density at radius 3 is 2.61 bits per heavy atom. The number of hydrogen-bond acceptors (Lipinski definition) is 5. The average Bonchev–Trinajstić information content (AvgIpc) is 3.28. The lowest BCUT2D eigenvalue weighted by Gasteiger charge is -2.38. The molecular weight excluding hydrogens is 430 g/mol. The number of benzene rings is 2. The van der Waals surface area contributed by atoms with E-state index < -0.39 is 0 Å². The molecule has 1 aromatic heterocycles. The number of halogens is 1. The van der Waals surface area contributed by atoms with Crippen LogP contribution in [0.15, 0.2) is 42.5 Å². The zero-order valence-corrected chi connectivity index (χ0v) is 19.1. The number of rotatable bonds is 6. The fourth-order valence-electron chi connectivity index (χ4n) is 5.04. The molecule has 2 fully saturated rings. The van der Waals surface area contributed by atoms with E-state index in [1.54, 1.807) is 6.92 Å². The normalized spacial score (nSPS) is 22.8. The molecule has 162 valence electrons. The molecule has 7 heteroatoms. The Kier molecular flexibility index (Phi) is 5.87. The summed E-state index contributed by atoms with van der Waals surface area (Å²) in [5.74, 6) is 1.02. The van der Waals surface area contributed by atoms with E-state index in [9.17, 15) is 4.79 Å². The third-order valence-corrected chi connectivity index (χ3v) is 7.63. The highest BCUT2D eigenvalue weighted by Crippen LogP contribution is 2.36. The van der Waals surface area contributed by atoms with Gasteiger partial charge in [-0.15, -0.1) is 0 Å². The van der Waals surface area contributed by atoms with Crippen molar-refractivity contribution in [2.45, 2.75) is 57.2 Å². The van der Waals surface area contributed by atoms with E-state index in [-0.39, 0.29) is 5.91 Å². The Hall–Kier alpha value is -2.15. The molecule has 0 spiro atoms. The second kappa shape index (κ2) is 8.77. The van der Waals surface area contributed by atoms with E-state index in [2.05, 4.69) is 27.3 Å². The number of thiazole rings is 1. The van der Waals surface area contributed by atoms with Crippen molar-refractivity contribution >= 4 is 39.1 Å². The second-order valence-corrected chi connectivity index (χ2v) is 9.90. The lowest BCUT2D eigenvalue weighted by atomic mass is 9.97. The fourth-order valence-corrected chi connectivity index (χ4v) is 6.18. The Balaban J connectivity index is 1.12. The van der Waals surface area contributed by atoms with Crippen LogP contribution in [0.5, 0.6) is 10.9 Å². The van der Waals surface area contributed by atoms with Gasteiger partial charge in [-0.05, 0) is 68.5 Å². The maximum absolute atomic E-state index is 11.9. The summed E-state index contributed by atoms with van der Waals surface area (Å²) in [6, 6.07) is 15.4. The molecule has 2 aliphatic heterocycles. The van der Waals surface area contributed by atoms with E-state index in [4.69, 9.17) is 16.3 Å². The van der Waals surface area contributed by atoms with Crippen LogP contribution in [0.3, 0.4) is 0 Å². The molecule has 2 bridgehead atoms. The first-order valence-electron chi connectivity index (χ1n) is 10.9. The molecular formula is C24H26ClN3O2S. The molecule has 0 aliphatic carbocycles. The highest BCUT2D eigenvalue weighted by Gasteiger charge is 2.41. The molecule has 2 aromatic carbocycles. The number of fused-ring (bicyclic) bond motifs is 3. The zero-order chi connectivity index (χ0) is 21.4. The molecule has 0 radical (unpaired) electrons. The molecule has 1 N–H and O–H groups in total. The van der Waals surface area contributed by atoms with Gasteiger partial charge in [-0.2, -0.15) is 0 Å². The van der Waals surface area contributed by atoms with Crippen LogP contribution in [0.2, 0.25) is 5.02 Å². The highest BCUT2D eigenvalue weighted by molar-refractivity contribution is 7.20. The second-order valence-electron chi connectivity index (χ2n) is 8.50. The van der Waals surface area contributed by atoms with Crippen molar-refractivity contribution in [2.75, 3.05) is 6.54 Å². The molecule has 2 saturated heterocycles. The first-order valence-corrected chi connectivity index (χ1v) is 12.1. The van der Waals surface area contributed by atoms with E-state index in [0.717, 1.165) is 54.6 Å². The third-order valence-electron chi connectivity index (χ3n) is 6.42. The first kappa shape index (κ1) is 20.7. The molecule has 3 heterocycles. The lowest BCUT2D eigenvalue weighted by Crippen LogP contribution is -2.51. The number of piperidine rings is 1. The summed E-state index contributed by atoms with van der Waals surface area (Å²) in [6.45, 7) is 2.65. The molecule has 0 saturated carbocycles. The van der Waals surface area contributed by atoms with Gasteiger partial charge in [-0.3, -0.25) is 4.79 Å². The van der Waals surface area contributed by atoms with Crippen molar-refractivity contribution in [3.63, 3.8) is 0 Å². The van der Waals surface area contributed by atoms with Crippen LogP contribution >= 0.6 is 22.9 Å². The smallest absolute Gasteiger partial charge is 0.279 e. The summed E-state index contributed by atoms with van der Waals surface area (Å²) in [6.07, 6.45) is 5.44. The van der Waals surface area contributed by atoms with E-state index >= 15 is 0 Å². The summed E-state index contributed by atoms with van der Waals surface area (Å²) >= 11 is 7.70. The number of ether oxygens (including phenoxy) is 1. The molecule has 5 rings (SSSR count). The third kappa shape index (κ3) is 4.43. The summed E-state index contributed by atoms with van der Waals surface area (Å²) < 4.78 is 6.95. The maximum atomic E-state index is 11.9. The Morgan fingerprint density at radius 1 is 1.19 bits per heavy atom. The number of amides is 1. The summed E-state index contributed by atoms with van der Waals surface area (Å²) in [7, 11) is 0. The van der Waals surface area contributed by atoms with Crippen LogP contribution in [0.4, 0.5) is 0 Å². The monoisotopic (exact) mass is 455 g/mol. The van der Waals surface area contributed by atoms with Crippen LogP contribution in [0, 0.1) is 0 Å². The molecule has 3 atom stereocenters. The van der Waals surface area contributed by atoms with Crippen LogP contribution in [-0.4, -0.2) is 40.5 Å². The SMILES string of the molecule is CC(=O)N1[C@@H]2CC[C@H]1C[C@H](NCCc1ccc(Oc3nc4c(Cl)cccc4s3)cc1)C2. The maximum Gasteiger partial charge on any atom is 0.279 e. The number of para-hydroxylation sites is 1. The van der Waals surface area contributed by atoms with Gasteiger partial charge in [-0.25, -0.2) is 4.98 Å². The average molecular weight is 456 g/mol. The van der Waals surface area contributed by atoms with Crippen LogP contribution in [0.1, 0.15) is 38.2 Å². The quantitative estimate of drug-likeness (QED) is 0.539. The van der Waals surface area contributed by atoms with Crippen molar-refractivity contribution in [3.05, 3.63) is 53.1 Å². The van der Waals surface area contributed by atoms with Gasteiger partial charge < -0.3 is 15.0 Å². The highest BCUT2D eigenvalue weighted by atomic mass is 35.5. The molecule has 0 unspecified atom stereocenters. The van der Waals surface area contributed by atoms with Crippen molar-refractivity contribution in [1.82, 2.24) is 15.2 Å². The van der Waals surface area contributed by atoms with Crippen LogP contribution < -0.4 is 10.1 Å². The van der Waals surface area contributed by atoms with E-state index in [1.807, 2.05) is 30.3 Å². The minimum absolute atomic E-state index is 0.238. The minimum atomic E-state index is 0.238. The molecule has 2 aliphatic rings. The van der Waals surface area contributed by atoms with Crippen LogP contribution in [0.25, 0.3) is 10.2 Å². The number of nitrogens with zero attached hydrogens (tertiary/aromatic N) is 2. The lowest BCUT2D eigenvalue weighted by molar-refractivity contribution is -0.133. The molecule has 1 amide bonds. The van der Waals surface area contributed by atoms with Crippen molar-refractivity contribution in [2.24, 2.45) is 0 Å². The first-order chi connectivity index (χ1) is 15.1. The van der Waals surface area contributed by atoms with Crippen molar-refractivity contribution < 1.29 is 9.53 Å². The van der Waals surface area contributed by atoms with Gasteiger partial charge in [0.05, 0.1) is 9.72 Å². The van der Waals surface area contributed by atoms with Crippen LogP contribution in [-0.2, 0) is 11.2 Å². The standard InChI is InChI=1S/C24H26ClN3O2S/c1-15(29)28-18-7-8-19(28)14-17(13-18)26-12-11-16-5-9-20(10-6-16)30-24-27-23-21(25)3-2-4-22(23)31-24/h2-6,9-10,17-19,26H,7-8,11-14H2,1H3/t17-,18-,19+. The zero-order valence-electron chi connectivity index (χ0n) is 17.5. The Labute approximate surface area is 191 Å². The van der Waals surface area contributed by atoms with Gasteiger partial charge in [0.15, 0.2) is 0 Å². The van der Waals surface area contributed by atoms with E-state index in [0.29, 0.717) is 28.3 Å². The molecule has 5 nitrogen and oxygen atoms in total. The van der Waals surface area contributed by atoms with Gasteiger partial charge in [0.25, 0.3) is 5.19 Å². The number of aromatic nitrogens is 1. The number of hydrogen-bond donors (Lipinski definition) is 1. The fraction of sp³-hybridized carbons (Fsp3) is 0.417. The minimum Gasteiger partial charge on any atom is -0.431 e. The largest absolute Gasteiger partial charge is 0.431 e. The van der Waals surface area contributed by atoms with Gasteiger partial charge in [-0.1, -0.05) is 41.1 Å². The summed E-state index contributed by atoms with van der Waals surface area (Å²) in [5.41, 5.74) is 2.06. The summed E-state index contributed by atoms with van der Waals surface area (Å²) in [5, 5.41) is 4.96. The van der Waals surface area contributed by atoms with E-state index in [1.165, 1.54) is 16.9 Å². The van der Waals surface area contributed by atoms with Gasteiger partial charge in [0, 0.05) is 25.0 Å². The van der Waals surface area contributed by atoms with Gasteiger partial charge in [0.1, 0.15) is 11.3 Å². The number of carbonyl (C=O) groups is 1. The topological polar surface area (TPSA) is 54.5 Å². The Bertz CT molecular complexity index is 1070. The van der Waals surface area contributed by atoms with Gasteiger partial charge >= 0.3 is 0 Å². The number of nitrogens with one attached hydrogen (secondary N) is 1. The predicted octanol–water partition coefficient (Wildman–Crippen LogP) is 5.42. The Morgan fingerprint density at radius 2 is 1.94 bits per heavy atom. The van der Waals surface area contributed by atoms with Crippen molar-refractivity contribution in [3.8, 4) is 10.9 Å². The number of carbonyl (C=O) groups excluding carboxylic acids is 1. The molecule has 31 heavy (non-hydrogen) atoms. The summed E-state index contributed by atoms with van der Waals surface area (Å²) in [4.78, 5) is 18.5. The molecule has 3 aromatic rings.